The van der Waals surface area contributed by atoms with E-state index in [1.807, 2.05) is 32.2 Å². The molecule has 2 aliphatic rings. The Morgan fingerprint density at radius 2 is 2.00 bits per heavy atom. The van der Waals surface area contributed by atoms with Gasteiger partial charge in [-0.25, -0.2) is 4.39 Å². The third kappa shape index (κ3) is 6.78. The van der Waals surface area contributed by atoms with Gasteiger partial charge in [0, 0.05) is 30.9 Å². The molecule has 1 saturated heterocycles. The minimum Gasteiger partial charge on any atom is -0.496 e. The maximum atomic E-state index is 12.5. The summed E-state index contributed by atoms with van der Waals surface area (Å²) in [6, 6.07) is 3.85. The van der Waals surface area contributed by atoms with Crippen molar-refractivity contribution in [1.82, 2.24) is 4.90 Å². The fourth-order valence-corrected chi connectivity index (χ4v) is 3.74. The monoisotopic (exact) mass is 469 g/mol. The summed E-state index contributed by atoms with van der Waals surface area (Å²) >= 11 is 0. The third-order valence-electron chi connectivity index (χ3n) is 5.31. The average Bonchev–Trinajstić information content (AvgIpc) is 2.84. The molecule has 34 heavy (non-hydrogen) atoms. The molecule has 0 aromatic heterocycles. The molecular formula is C28H36FNO4. The minimum absolute atomic E-state index is 0.0260. The second kappa shape index (κ2) is 13.1. The van der Waals surface area contributed by atoms with Gasteiger partial charge in [0.2, 0.25) is 0 Å². The van der Waals surface area contributed by atoms with Crippen molar-refractivity contribution in [3.63, 3.8) is 0 Å². The Hall–Kier alpha value is -2.96. The minimum atomic E-state index is -0.667. The van der Waals surface area contributed by atoms with Gasteiger partial charge in [-0.3, -0.25) is 4.79 Å². The molecule has 1 atom stereocenters. The van der Waals surface area contributed by atoms with Gasteiger partial charge in [0.15, 0.2) is 5.78 Å². The van der Waals surface area contributed by atoms with Gasteiger partial charge in [-0.2, -0.15) is 0 Å². The molecule has 0 saturated carbocycles. The number of carbonyl (C=O) groups is 1. The maximum absolute atomic E-state index is 12.5. The number of allylic oxidation sites excluding steroid dienone is 3. The topological polar surface area (TPSA) is 48.0 Å². The van der Waals surface area contributed by atoms with Crippen molar-refractivity contribution in [2.24, 2.45) is 0 Å². The van der Waals surface area contributed by atoms with Crippen molar-refractivity contribution >= 4 is 17.4 Å². The lowest BCUT2D eigenvalue weighted by Gasteiger charge is -2.29. The van der Waals surface area contributed by atoms with Gasteiger partial charge in [-0.15, -0.1) is 0 Å². The van der Waals surface area contributed by atoms with Crippen LogP contribution in [0.5, 0.6) is 5.75 Å². The molecule has 1 unspecified atom stereocenters. The van der Waals surface area contributed by atoms with Gasteiger partial charge < -0.3 is 19.1 Å². The zero-order chi connectivity index (χ0) is 25.3. The zero-order valence-electron chi connectivity index (χ0n) is 20.9. The first-order valence-electron chi connectivity index (χ1n) is 11.5. The highest BCUT2D eigenvalue weighted by Gasteiger charge is 2.22. The van der Waals surface area contributed by atoms with E-state index in [9.17, 15) is 9.18 Å². The predicted molar refractivity (Wildman–Crippen MR) is 137 cm³/mol. The van der Waals surface area contributed by atoms with Crippen LogP contribution in [-0.4, -0.2) is 56.9 Å². The molecule has 3 rings (SSSR count). The highest BCUT2D eigenvalue weighted by atomic mass is 19.1. The summed E-state index contributed by atoms with van der Waals surface area (Å²) in [6.45, 7) is 14.6. The fourth-order valence-electron chi connectivity index (χ4n) is 3.74. The molecule has 5 nitrogen and oxygen atoms in total. The Morgan fingerprint density at radius 3 is 2.50 bits per heavy atom. The lowest BCUT2D eigenvalue weighted by molar-refractivity contribution is -0.0713. The molecule has 0 amide bonds. The van der Waals surface area contributed by atoms with Gasteiger partial charge in [0.1, 0.15) is 11.9 Å². The Kier molecular flexibility index (Phi) is 10.5. The van der Waals surface area contributed by atoms with Crippen molar-refractivity contribution in [1.29, 1.82) is 0 Å². The van der Waals surface area contributed by atoms with Crippen LogP contribution < -0.4 is 4.74 Å². The number of hydrogen-bond donors (Lipinski definition) is 0. The number of halogens is 1. The van der Waals surface area contributed by atoms with E-state index in [-0.39, 0.29) is 11.9 Å². The molecule has 1 fully saturated rings. The highest BCUT2D eigenvalue weighted by Crippen LogP contribution is 2.34. The SMILES string of the molecule is C=C/C(=C1/C=CC(C2COCCO2)=CN1C)c1cc(C=C)c(C(=O)CC)c(OC)c1.CC(C)F. The molecule has 184 valence electrons. The number of alkyl halides is 1. The zero-order valence-corrected chi connectivity index (χ0v) is 20.9. The quantitative estimate of drug-likeness (QED) is 0.459. The summed E-state index contributed by atoms with van der Waals surface area (Å²) in [4.78, 5) is 14.5. The summed E-state index contributed by atoms with van der Waals surface area (Å²) in [7, 11) is 3.57. The molecule has 0 spiro atoms. The van der Waals surface area contributed by atoms with E-state index in [4.69, 9.17) is 14.2 Å². The van der Waals surface area contributed by atoms with Crippen molar-refractivity contribution in [3.05, 3.63) is 77.7 Å². The Labute approximate surface area is 202 Å². The van der Waals surface area contributed by atoms with Crippen molar-refractivity contribution in [2.75, 3.05) is 34.0 Å². The highest BCUT2D eigenvalue weighted by molar-refractivity contribution is 6.02. The molecule has 2 aliphatic heterocycles. The number of nitrogens with zero attached hydrogens (tertiary/aromatic N) is 1. The van der Waals surface area contributed by atoms with Gasteiger partial charge in [-0.1, -0.05) is 38.3 Å². The van der Waals surface area contributed by atoms with Gasteiger partial charge in [-0.05, 0) is 48.8 Å². The lowest BCUT2D eigenvalue weighted by atomic mass is 9.93. The molecular weight excluding hydrogens is 433 g/mol. The van der Waals surface area contributed by atoms with Crippen LogP contribution in [0.4, 0.5) is 4.39 Å². The number of rotatable bonds is 7. The predicted octanol–water partition coefficient (Wildman–Crippen LogP) is 5.99. The Balaban J connectivity index is 0.000000945. The van der Waals surface area contributed by atoms with Crippen molar-refractivity contribution < 1.29 is 23.4 Å². The number of benzene rings is 1. The standard InChI is InChI=1S/C25H29NO4.C3H7F/c1-6-17-13-19(14-23(28-5)25(17)22(27)8-3)20(7-2)21-10-9-18(15-26(21)4)24-16-29-11-12-30-24;1-3(2)4/h6-7,9-10,13-15,24H,1-2,8,11-12,16H2,3-5H3;3H,1-2H3/b21-20+;. The molecule has 0 N–H and O–H groups in total. The number of Topliss-reactive ketones (excluding diaryl/α,β-unsaturated/α-hetero) is 1. The Morgan fingerprint density at radius 1 is 1.29 bits per heavy atom. The van der Waals surface area contributed by atoms with Crippen LogP contribution in [-0.2, 0) is 9.47 Å². The Bertz CT molecular complexity index is 982. The van der Waals surface area contributed by atoms with E-state index in [2.05, 4.69) is 36.4 Å². The lowest BCUT2D eigenvalue weighted by Crippen LogP contribution is -2.31. The fraction of sp³-hybridized carbons (Fsp3) is 0.393. The number of ketones is 1. The van der Waals surface area contributed by atoms with Crippen LogP contribution in [0.15, 0.2) is 61.0 Å². The summed E-state index contributed by atoms with van der Waals surface area (Å²) in [5, 5.41) is 0. The van der Waals surface area contributed by atoms with Crippen LogP contribution in [0, 0.1) is 0 Å². The summed E-state index contributed by atoms with van der Waals surface area (Å²) in [5.74, 6) is 0.568. The van der Waals surface area contributed by atoms with E-state index in [1.165, 1.54) is 13.8 Å². The number of hydrogen-bond acceptors (Lipinski definition) is 5. The molecule has 6 heteroatoms. The van der Waals surface area contributed by atoms with Crippen LogP contribution >= 0.6 is 0 Å². The largest absolute Gasteiger partial charge is 0.496 e. The van der Waals surface area contributed by atoms with Gasteiger partial charge in [0.25, 0.3) is 0 Å². The van der Waals surface area contributed by atoms with Crippen LogP contribution in [0.25, 0.3) is 11.6 Å². The molecule has 1 aromatic carbocycles. The summed E-state index contributed by atoms with van der Waals surface area (Å²) in [5.41, 5.74) is 5.21. The second-order valence-electron chi connectivity index (χ2n) is 8.15. The molecule has 0 radical (unpaired) electrons. The molecule has 0 bridgehead atoms. The van der Waals surface area contributed by atoms with E-state index < -0.39 is 6.17 Å². The van der Waals surface area contributed by atoms with Crippen LogP contribution in [0.2, 0.25) is 0 Å². The van der Waals surface area contributed by atoms with Crippen LogP contribution in [0.3, 0.4) is 0 Å². The molecule has 0 aliphatic carbocycles. The first-order valence-corrected chi connectivity index (χ1v) is 11.5. The van der Waals surface area contributed by atoms with E-state index in [1.54, 1.807) is 13.2 Å². The number of ether oxygens (including phenoxy) is 3. The third-order valence-corrected chi connectivity index (χ3v) is 5.31. The van der Waals surface area contributed by atoms with Gasteiger partial charge >= 0.3 is 0 Å². The first-order chi connectivity index (χ1) is 16.3. The summed E-state index contributed by atoms with van der Waals surface area (Å²) in [6.07, 6.45) is 9.35. The van der Waals surface area contributed by atoms with Crippen molar-refractivity contribution in [2.45, 2.75) is 39.5 Å². The smallest absolute Gasteiger partial charge is 0.166 e. The normalized spacial score (nSPS) is 19.1. The van der Waals surface area contributed by atoms with Crippen molar-refractivity contribution in [3.8, 4) is 5.75 Å². The van der Waals surface area contributed by atoms with Crippen LogP contribution in [0.1, 0.15) is 48.7 Å². The maximum Gasteiger partial charge on any atom is 0.166 e. The second-order valence-corrected chi connectivity index (χ2v) is 8.15. The van der Waals surface area contributed by atoms with Gasteiger partial charge in [0.05, 0.1) is 38.7 Å². The number of carbonyl (C=O) groups excluding carboxylic acids is 1. The number of methoxy groups -OCH3 is 1. The number of likely N-dealkylation sites (N-methyl/N-ethyl adjacent to an activating group) is 1. The summed E-state index contributed by atoms with van der Waals surface area (Å²) < 4.78 is 27.9. The van der Waals surface area contributed by atoms with E-state index in [0.717, 1.165) is 28.0 Å². The van der Waals surface area contributed by atoms with E-state index >= 15 is 0 Å². The van der Waals surface area contributed by atoms with E-state index in [0.29, 0.717) is 37.6 Å². The molecule has 1 aromatic rings. The molecule has 2 heterocycles. The first kappa shape index (κ1) is 27.3. The average molecular weight is 470 g/mol.